The summed E-state index contributed by atoms with van der Waals surface area (Å²) in [5.74, 6) is 1.65. The Morgan fingerprint density at radius 1 is 1.06 bits per heavy atom. The normalized spacial score (nSPS) is 19.3. The zero-order chi connectivity index (χ0) is 21.5. The van der Waals surface area contributed by atoms with Gasteiger partial charge in [0, 0.05) is 18.4 Å². The van der Waals surface area contributed by atoms with Crippen molar-refractivity contribution in [3.05, 3.63) is 51.3 Å². The van der Waals surface area contributed by atoms with Crippen molar-refractivity contribution in [2.75, 3.05) is 5.75 Å². The van der Waals surface area contributed by atoms with Gasteiger partial charge in [-0.05, 0) is 42.7 Å². The van der Waals surface area contributed by atoms with Gasteiger partial charge in [-0.3, -0.25) is 14.2 Å². The van der Waals surface area contributed by atoms with E-state index in [1.54, 1.807) is 18.3 Å². The number of nitrogens with zero attached hydrogens (tertiary/aromatic N) is 5. The van der Waals surface area contributed by atoms with Crippen molar-refractivity contribution in [1.82, 2.24) is 29.3 Å². The number of rotatable bonds is 4. The number of thioether (sulfide) groups is 1. The van der Waals surface area contributed by atoms with E-state index in [-0.39, 0.29) is 17.2 Å². The second-order valence-corrected chi connectivity index (χ2v) is 9.31. The first-order chi connectivity index (χ1) is 15.1. The SMILES string of the molecule is CCSc1n[nH]c(-n2ccc3nc4ccn([C@H]5CCCC[C@H]5C)c(=O)c4cc3c2=O)n1. The molecule has 1 aliphatic rings. The molecule has 160 valence electrons. The molecule has 4 heterocycles. The fraction of sp³-hybridized carbons (Fsp3) is 0.409. The maximum atomic E-state index is 13.3. The molecular formula is C22H24N6O2S. The van der Waals surface area contributed by atoms with E-state index in [1.807, 2.05) is 23.8 Å². The Morgan fingerprint density at radius 3 is 2.58 bits per heavy atom. The van der Waals surface area contributed by atoms with Crippen molar-refractivity contribution in [2.24, 2.45) is 5.92 Å². The van der Waals surface area contributed by atoms with E-state index in [4.69, 9.17) is 0 Å². The van der Waals surface area contributed by atoms with E-state index in [0.717, 1.165) is 25.0 Å². The fourth-order valence-electron chi connectivity index (χ4n) is 4.52. The summed E-state index contributed by atoms with van der Waals surface area (Å²) in [6, 6.07) is 5.52. The number of aromatic amines is 1. The van der Waals surface area contributed by atoms with Crippen molar-refractivity contribution in [3.63, 3.8) is 0 Å². The maximum Gasteiger partial charge on any atom is 0.266 e. The van der Waals surface area contributed by atoms with E-state index in [2.05, 4.69) is 27.1 Å². The quantitative estimate of drug-likeness (QED) is 0.387. The average Bonchev–Trinajstić information content (AvgIpc) is 3.23. The zero-order valence-electron chi connectivity index (χ0n) is 17.5. The van der Waals surface area contributed by atoms with Crippen molar-refractivity contribution in [3.8, 4) is 5.95 Å². The molecule has 1 saturated carbocycles. The van der Waals surface area contributed by atoms with Gasteiger partial charge in [0.1, 0.15) is 0 Å². The third-order valence-corrected chi connectivity index (χ3v) is 6.88. The molecular weight excluding hydrogens is 412 g/mol. The molecule has 2 atom stereocenters. The van der Waals surface area contributed by atoms with Gasteiger partial charge in [-0.25, -0.2) is 10.1 Å². The first-order valence-electron chi connectivity index (χ1n) is 10.7. The largest absolute Gasteiger partial charge is 0.312 e. The Hall–Kier alpha value is -2.94. The number of pyridine rings is 3. The zero-order valence-corrected chi connectivity index (χ0v) is 18.4. The van der Waals surface area contributed by atoms with Crippen molar-refractivity contribution in [2.45, 2.75) is 50.7 Å². The van der Waals surface area contributed by atoms with Gasteiger partial charge in [0.2, 0.25) is 11.1 Å². The van der Waals surface area contributed by atoms with Gasteiger partial charge < -0.3 is 4.57 Å². The highest BCUT2D eigenvalue weighted by atomic mass is 32.2. The highest BCUT2D eigenvalue weighted by Gasteiger charge is 2.24. The Balaban J connectivity index is 1.66. The molecule has 9 heteroatoms. The van der Waals surface area contributed by atoms with Crippen LogP contribution in [0.2, 0.25) is 0 Å². The summed E-state index contributed by atoms with van der Waals surface area (Å²) in [5, 5.41) is 8.40. The van der Waals surface area contributed by atoms with Crippen LogP contribution in [-0.2, 0) is 0 Å². The van der Waals surface area contributed by atoms with Gasteiger partial charge in [0.25, 0.3) is 11.1 Å². The van der Waals surface area contributed by atoms with Crippen LogP contribution in [0.15, 0.2) is 45.3 Å². The van der Waals surface area contributed by atoms with Crippen molar-refractivity contribution in [1.29, 1.82) is 0 Å². The number of nitrogens with one attached hydrogen (secondary N) is 1. The predicted molar refractivity (Wildman–Crippen MR) is 122 cm³/mol. The lowest BCUT2D eigenvalue weighted by molar-refractivity contribution is 0.253. The number of aromatic nitrogens is 6. The smallest absolute Gasteiger partial charge is 0.266 e. The molecule has 1 fully saturated rings. The Morgan fingerprint density at radius 2 is 1.81 bits per heavy atom. The average molecular weight is 437 g/mol. The lowest BCUT2D eigenvalue weighted by atomic mass is 9.85. The van der Waals surface area contributed by atoms with Gasteiger partial charge in [-0.1, -0.05) is 38.5 Å². The topological polar surface area (TPSA) is 98.5 Å². The molecule has 1 N–H and O–H groups in total. The molecule has 31 heavy (non-hydrogen) atoms. The minimum absolute atomic E-state index is 0.0817. The lowest BCUT2D eigenvalue weighted by Crippen LogP contribution is -2.30. The van der Waals surface area contributed by atoms with E-state index in [9.17, 15) is 9.59 Å². The molecule has 0 radical (unpaired) electrons. The second-order valence-electron chi connectivity index (χ2n) is 8.08. The minimum Gasteiger partial charge on any atom is -0.312 e. The molecule has 0 amide bonds. The summed E-state index contributed by atoms with van der Waals surface area (Å²) >= 11 is 1.49. The second kappa shape index (κ2) is 7.96. The van der Waals surface area contributed by atoms with Gasteiger partial charge >= 0.3 is 0 Å². The van der Waals surface area contributed by atoms with E-state index < -0.39 is 0 Å². The molecule has 0 spiro atoms. The lowest BCUT2D eigenvalue weighted by Gasteiger charge is -2.30. The Kier molecular flexibility index (Phi) is 5.13. The van der Waals surface area contributed by atoms with Gasteiger partial charge in [-0.15, -0.1) is 5.10 Å². The molecule has 4 aromatic heterocycles. The van der Waals surface area contributed by atoms with Gasteiger partial charge in [-0.2, -0.15) is 4.98 Å². The van der Waals surface area contributed by atoms with Crippen LogP contribution in [0.4, 0.5) is 0 Å². The van der Waals surface area contributed by atoms with E-state index in [0.29, 0.717) is 38.8 Å². The summed E-state index contributed by atoms with van der Waals surface area (Å²) < 4.78 is 3.25. The first kappa shape index (κ1) is 20.0. The summed E-state index contributed by atoms with van der Waals surface area (Å²) in [6.45, 7) is 4.22. The van der Waals surface area contributed by atoms with Crippen molar-refractivity contribution < 1.29 is 0 Å². The number of hydrogen-bond acceptors (Lipinski definition) is 6. The monoisotopic (exact) mass is 436 g/mol. The third kappa shape index (κ3) is 3.46. The fourth-order valence-corrected chi connectivity index (χ4v) is 5.04. The molecule has 1 aliphatic carbocycles. The maximum absolute atomic E-state index is 13.3. The molecule has 8 nitrogen and oxygen atoms in total. The van der Waals surface area contributed by atoms with Crippen LogP contribution in [0.25, 0.3) is 27.8 Å². The van der Waals surface area contributed by atoms with Crippen molar-refractivity contribution >= 4 is 33.6 Å². The Bertz CT molecular complexity index is 1390. The summed E-state index contributed by atoms with van der Waals surface area (Å²) in [7, 11) is 0. The molecule has 0 saturated heterocycles. The van der Waals surface area contributed by atoms with Gasteiger partial charge in [0.05, 0.1) is 21.8 Å². The first-order valence-corrected chi connectivity index (χ1v) is 11.7. The molecule has 0 unspecified atom stereocenters. The van der Waals surface area contributed by atoms with Crippen LogP contribution in [0.3, 0.4) is 0 Å². The molecule has 5 rings (SSSR count). The van der Waals surface area contributed by atoms with Crippen LogP contribution in [0, 0.1) is 5.92 Å². The van der Waals surface area contributed by atoms with E-state index in [1.165, 1.54) is 22.7 Å². The summed E-state index contributed by atoms with van der Waals surface area (Å²) in [5.41, 5.74) is 0.800. The highest BCUT2D eigenvalue weighted by molar-refractivity contribution is 7.99. The third-order valence-electron chi connectivity index (χ3n) is 6.15. The summed E-state index contributed by atoms with van der Waals surface area (Å²) in [4.78, 5) is 35.5. The molecule has 0 aromatic carbocycles. The highest BCUT2D eigenvalue weighted by Crippen LogP contribution is 2.32. The van der Waals surface area contributed by atoms with Crippen LogP contribution in [0.1, 0.15) is 45.6 Å². The summed E-state index contributed by atoms with van der Waals surface area (Å²) in [6.07, 6.45) is 7.98. The molecule has 4 aromatic rings. The molecule has 0 aliphatic heterocycles. The predicted octanol–water partition coefficient (Wildman–Crippen LogP) is 3.68. The number of hydrogen-bond donors (Lipinski definition) is 1. The van der Waals surface area contributed by atoms with Gasteiger partial charge in [0.15, 0.2) is 0 Å². The number of H-pyrrole nitrogens is 1. The molecule has 0 bridgehead atoms. The Labute approximate surface area is 182 Å². The van der Waals surface area contributed by atoms with Crippen LogP contribution >= 0.6 is 11.8 Å². The number of fused-ring (bicyclic) bond motifs is 2. The van der Waals surface area contributed by atoms with Crippen LogP contribution in [-0.4, -0.2) is 35.1 Å². The standard InChI is InChI=1S/C22H24N6O2S/c1-3-31-22-24-21(25-26-22)28-11-9-17-15(20(28)30)12-14-16(23-17)8-10-27(19(14)29)18-7-5-4-6-13(18)2/h8-13,18H,3-7H2,1-2H3,(H,24,25,26)/t13-,18+/m1/s1. The minimum atomic E-state index is -0.281. The van der Waals surface area contributed by atoms with Crippen LogP contribution < -0.4 is 11.1 Å². The van der Waals surface area contributed by atoms with E-state index >= 15 is 0 Å². The van der Waals surface area contributed by atoms with Crippen LogP contribution in [0.5, 0.6) is 0 Å².